The number of amidine groups is 1. The molecule has 5 rings (SSSR count). The average Bonchev–Trinajstić information content (AvgIpc) is 2.58. The van der Waals surface area contributed by atoms with Crippen LogP contribution in [0.2, 0.25) is 0 Å². The molecule has 1 aromatic carbocycles. The van der Waals surface area contributed by atoms with E-state index in [4.69, 9.17) is 4.99 Å². The molecule has 4 saturated carbocycles. The Bertz CT molecular complexity index is 706. The molecule has 0 saturated heterocycles. The van der Waals surface area contributed by atoms with Gasteiger partial charge in [-0.2, -0.15) is 0 Å². The summed E-state index contributed by atoms with van der Waals surface area (Å²) in [6.07, 6.45) is 8.66. The van der Waals surface area contributed by atoms with Crippen molar-refractivity contribution >= 4 is 32.0 Å². The van der Waals surface area contributed by atoms with Gasteiger partial charge in [-0.1, -0.05) is 0 Å². The Kier molecular flexibility index (Phi) is 5.02. The summed E-state index contributed by atoms with van der Waals surface area (Å²) in [5.41, 5.74) is 0.657. The second-order valence-corrected chi connectivity index (χ2v) is 15.8. The van der Waals surface area contributed by atoms with E-state index < -0.39 is 5.66 Å². The summed E-state index contributed by atoms with van der Waals surface area (Å²) in [5.74, 6) is 2.86. The number of benzene rings is 1. The van der Waals surface area contributed by atoms with Crippen LogP contribution in [-0.4, -0.2) is 63.6 Å². The maximum absolute atomic E-state index is 5.23. The van der Waals surface area contributed by atoms with E-state index in [1.807, 2.05) is 0 Å². The Labute approximate surface area is 166 Å². The van der Waals surface area contributed by atoms with Gasteiger partial charge in [-0.25, -0.2) is 0 Å². The van der Waals surface area contributed by atoms with Gasteiger partial charge < -0.3 is 0 Å². The quantitative estimate of drug-likeness (QED) is 0.293. The number of nitrogens with zero attached hydrogens (tertiary/aromatic N) is 3. The summed E-state index contributed by atoms with van der Waals surface area (Å²) in [4.78, 5) is 7.52. The zero-order chi connectivity index (χ0) is 18.5. The number of para-hydroxylation sites is 1. The molecule has 0 radical (unpaired) electrons. The van der Waals surface area contributed by atoms with E-state index in [9.17, 15) is 0 Å². The first-order valence-corrected chi connectivity index (χ1v) is 13.9. The molecule has 0 spiro atoms. The minimum atomic E-state index is -1.69. The van der Waals surface area contributed by atoms with Crippen LogP contribution >= 0.6 is 5.66 Å². The topological polar surface area (TPSA) is 18.8 Å². The molecule has 0 aliphatic heterocycles. The molecule has 0 N–H and O–H groups in total. The molecule has 0 amide bonds. The molecule has 1 unspecified atom stereocenters. The Hall–Kier alpha value is -0.401. The monoisotopic (exact) mass is 437 g/mol. The summed E-state index contributed by atoms with van der Waals surface area (Å²) in [5, 5.41) is 0.420. The molecule has 4 aliphatic carbocycles. The molecule has 4 fully saturated rings. The third-order valence-corrected chi connectivity index (χ3v) is 16.4. The Morgan fingerprint density at radius 2 is 1.46 bits per heavy atom. The number of rotatable bonds is 4. The van der Waals surface area contributed by atoms with E-state index in [0.29, 0.717) is 5.16 Å². The van der Waals surface area contributed by atoms with E-state index in [1.165, 1.54) is 44.1 Å². The van der Waals surface area contributed by atoms with Crippen LogP contribution in [0.15, 0.2) is 35.3 Å². The first-order valence-electron chi connectivity index (χ1n) is 9.94. The van der Waals surface area contributed by atoms with Crippen LogP contribution in [0.3, 0.4) is 0 Å². The molecule has 5 heteroatoms. The summed E-state index contributed by atoms with van der Waals surface area (Å²) in [7, 11) is 8.93. The van der Waals surface area contributed by atoms with Crippen molar-refractivity contribution in [1.82, 2.24) is 9.57 Å². The van der Waals surface area contributed by atoms with E-state index in [0.717, 1.165) is 23.4 Å². The van der Waals surface area contributed by atoms with Crippen molar-refractivity contribution in [2.45, 2.75) is 43.7 Å². The van der Waals surface area contributed by atoms with Gasteiger partial charge in [0.25, 0.3) is 0 Å². The molecular weight excluding hydrogens is 404 g/mol. The van der Waals surface area contributed by atoms with Gasteiger partial charge in [0.15, 0.2) is 0 Å². The van der Waals surface area contributed by atoms with Crippen molar-refractivity contribution in [2.75, 3.05) is 28.2 Å². The van der Waals surface area contributed by atoms with Gasteiger partial charge in [0.2, 0.25) is 0 Å². The zero-order valence-corrected chi connectivity index (χ0v) is 19.2. The first-order chi connectivity index (χ1) is 12.3. The third-order valence-electron chi connectivity index (χ3n) is 6.87. The molecule has 3 nitrogen and oxygen atoms in total. The predicted molar refractivity (Wildman–Crippen MR) is 114 cm³/mol. The average molecular weight is 436 g/mol. The summed E-state index contributed by atoms with van der Waals surface area (Å²) in [6.45, 7) is 0. The van der Waals surface area contributed by atoms with Crippen molar-refractivity contribution < 1.29 is 0 Å². The molecule has 1 aromatic rings. The molecule has 1 atom stereocenters. The van der Waals surface area contributed by atoms with Crippen LogP contribution in [0, 0.1) is 17.8 Å². The summed E-state index contributed by atoms with van der Waals surface area (Å²) in [6, 6.07) is 10.5. The van der Waals surface area contributed by atoms with E-state index >= 15 is 0 Å². The molecular formula is C21H32N3PSe. The van der Waals surface area contributed by atoms with Crippen molar-refractivity contribution in [2.24, 2.45) is 22.7 Å². The van der Waals surface area contributed by atoms with Crippen LogP contribution in [-0.2, 0) is 0 Å². The molecule has 26 heavy (non-hydrogen) atoms. The van der Waals surface area contributed by atoms with Crippen molar-refractivity contribution in [3.63, 3.8) is 0 Å². The fourth-order valence-electron chi connectivity index (χ4n) is 6.31. The Balaban J connectivity index is 1.83. The second-order valence-electron chi connectivity index (χ2n) is 9.21. The van der Waals surface area contributed by atoms with Gasteiger partial charge >= 0.3 is 167 Å². The van der Waals surface area contributed by atoms with Gasteiger partial charge in [-0.3, -0.25) is 0 Å². The molecule has 4 aliphatic rings. The summed E-state index contributed by atoms with van der Waals surface area (Å²) < 4.78 is 2.53. The van der Waals surface area contributed by atoms with Crippen LogP contribution in [0.4, 0.5) is 5.69 Å². The van der Waals surface area contributed by atoms with Crippen LogP contribution in [0.5, 0.6) is 0 Å². The van der Waals surface area contributed by atoms with Crippen LogP contribution < -0.4 is 0 Å². The van der Waals surface area contributed by atoms with Gasteiger partial charge in [0.05, 0.1) is 0 Å². The minimum absolute atomic E-state index is 0.420. The van der Waals surface area contributed by atoms with Crippen molar-refractivity contribution in [3.05, 3.63) is 30.3 Å². The maximum atomic E-state index is 5.23. The molecule has 142 valence electrons. The van der Waals surface area contributed by atoms with Crippen molar-refractivity contribution in [1.29, 1.82) is 0 Å². The van der Waals surface area contributed by atoms with E-state index in [-0.39, 0.29) is 0 Å². The fourth-order valence-corrected chi connectivity index (χ4v) is 12.9. The SMILES string of the molecule is CN(C)C(=Nc1ccccc1)P(=[Se])(N(C)C)C12CC3CC(CC(C3)C1)C2. The van der Waals surface area contributed by atoms with E-state index in [1.54, 1.807) is 0 Å². The first kappa shape index (κ1) is 18.9. The molecule has 0 heterocycles. The Morgan fingerprint density at radius 3 is 1.88 bits per heavy atom. The van der Waals surface area contributed by atoms with Gasteiger partial charge in [-0.15, -0.1) is 0 Å². The van der Waals surface area contributed by atoms with Gasteiger partial charge in [0, 0.05) is 0 Å². The van der Waals surface area contributed by atoms with Crippen LogP contribution in [0.25, 0.3) is 0 Å². The van der Waals surface area contributed by atoms with Crippen LogP contribution in [0.1, 0.15) is 38.5 Å². The van der Waals surface area contributed by atoms with Gasteiger partial charge in [-0.05, 0) is 0 Å². The number of hydrogen-bond donors (Lipinski definition) is 0. The Morgan fingerprint density at radius 1 is 0.962 bits per heavy atom. The molecule has 4 bridgehead atoms. The number of aliphatic imine (C=N–C) groups is 1. The zero-order valence-electron chi connectivity index (χ0n) is 16.6. The molecule has 0 aromatic heterocycles. The van der Waals surface area contributed by atoms with Crippen molar-refractivity contribution in [3.8, 4) is 0 Å². The second kappa shape index (κ2) is 6.89. The van der Waals surface area contributed by atoms with Gasteiger partial charge in [0.1, 0.15) is 0 Å². The number of hydrogen-bond acceptors (Lipinski definition) is 2. The normalized spacial score (nSPS) is 35.6. The fraction of sp³-hybridized carbons (Fsp3) is 0.667. The van der Waals surface area contributed by atoms with E-state index in [2.05, 4.69) is 83.2 Å². The predicted octanol–water partition coefficient (Wildman–Crippen LogP) is 4.78. The standard InChI is InChI=1S/C21H32N3PSe/c1-23(2)20(22-19-8-6-5-7-9-19)25(26,24(3)4)21-13-16-10-17(14-21)12-18(11-16)15-21/h5-9,16-18H,10-15H2,1-4H3. The third kappa shape index (κ3) is 2.98. The summed E-state index contributed by atoms with van der Waals surface area (Å²) >= 11 is 3.81.